The van der Waals surface area contributed by atoms with Crippen molar-refractivity contribution in [1.82, 2.24) is 14.8 Å². The number of rotatable bonds is 4. The Hall–Kier alpha value is -2.86. The van der Waals surface area contributed by atoms with Gasteiger partial charge in [-0.05, 0) is 35.7 Å². The smallest absolute Gasteiger partial charge is 0.232 e. The molecule has 150 valence electrons. The molecule has 1 aliphatic rings. The van der Waals surface area contributed by atoms with Gasteiger partial charge < -0.3 is 4.74 Å². The first-order chi connectivity index (χ1) is 14.0. The zero-order valence-corrected chi connectivity index (χ0v) is 17.4. The average Bonchev–Trinajstić information content (AvgIpc) is 3.22. The highest BCUT2D eigenvalue weighted by Gasteiger charge is 2.40. The van der Waals surface area contributed by atoms with Crippen molar-refractivity contribution in [1.29, 1.82) is 0 Å². The zero-order valence-electron chi connectivity index (χ0n) is 16.6. The van der Waals surface area contributed by atoms with Crippen LogP contribution in [0.4, 0.5) is 5.95 Å². The molecule has 0 saturated heterocycles. The van der Waals surface area contributed by atoms with Crippen molar-refractivity contribution >= 4 is 23.5 Å². The molecule has 0 unspecified atom stereocenters. The van der Waals surface area contributed by atoms with Crippen molar-refractivity contribution in [2.45, 2.75) is 32.4 Å². The quantitative estimate of drug-likeness (QED) is 0.627. The minimum absolute atomic E-state index is 0.0117. The van der Waals surface area contributed by atoms with Crippen molar-refractivity contribution in [2.24, 2.45) is 5.92 Å². The number of ether oxygens (including phenoxy) is 1. The molecule has 0 aliphatic carbocycles. The van der Waals surface area contributed by atoms with Crippen LogP contribution in [0, 0.1) is 5.92 Å². The predicted octanol–water partition coefficient (Wildman–Crippen LogP) is 4.66. The summed E-state index contributed by atoms with van der Waals surface area (Å²) in [7, 11) is 1.64. The van der Waals surface area contributed by atoms with Crippen molar-refractivity contribution < 1.29 is 9.53 Å². The number of methoxy groups -OCH3 is 1. The Morgan fingerprint density at radius 3 is 2.52 bits per heavy atom. The Morgan fingerprint density at radius 2 is 1.86 bits per heavy atom. The second-order valence-corrected chi connectivity index (χ2v) is 7.84. The van der Waals surface area contributed by atoms with Gasteiger partial charge >= 0.3 is 0 Å². The number of hydrogen-bond acceptors (Lipinski definition) is 4. The van der Waals surface area contributed by atoms with E-state index in [1.165, 1.54) is 6.33 Å². The predicted molar refractivity (Wildman–Crippen MR) is 112 cm³/mol. The molecule has 0 N–H and O–H groups in total. The standard InChI is InChI=1S/C22H23ClN4O2/c1-14(2)21(28)26-19(15-8-10-16(29-3)11-9-15)12-20(27-22(26)24-13-25-27)17-6-4-5-7-18(17)23/h4-11,13-14,19-20H,12H2,1-3H3/t19-,20+/m0/s1. The van der Waals surface area contributed by atoms with E-state index in [1.807, 2.05) is 67.1 Å². The van der Waals surface area contributed by atoms with Crippen LogP contribution in [0.3, 0.4) is 0 Å². The minimum Gasteiger partial charge on any atom is -0.497 e. The molecule has 0 bridgehead atoms. The summed E-state index contributed by atoms with van der Waals surface area (Å²) in [5.41, 5.74) is 1.99. The van der Waals surface area contributed by atoms with Crippen LogP contribution < -0.4 is 9.64 Å². The molecule has 2 atom stereocenters. The van der Waals surface area contributed by atoms with Gasteiger partial charge in [-0.1, -0.05) is 55.8 Å². The van der Waals surface area contributed by atoms with E-state index >= 15 is 0 Å². The molecule has 0 saturated carbocycles. The summed E-state index contributed by atoms with van der Waals surface area (Å²) in [4.78, 5) is 19.4. The molecular weight excluding hydrogens is 388 g/mol. The maximum atomic E-state index is 13.2. The van der Waals surface area contributed by atoms with Gasteiger partial charge in [0.2, 0.25) is 11.9 Å². The molecule has 29 heavy (non-hydrogen) atoms. The summed E-state index contributed by atoms with van der Waals surface area (Å²) in [6.07, 6.45) is 2.14. The number of fused-ring (bicyclic) bond motifs is 1. The summed E-state index contributed by atoms with van der Waals surface area (Å²) in [5, 5.41) is 5.11. The Morgan fingerprint density at radius 1 is 1.14 bits per heavy atom. The molecule has 4 rings (SSSR count). The third-order valence-electron chi connectivity index (χ3n) is 5.32. The van der Waals surface area contributed by atoms with E-state index in [4.69, 9.17) is 16.3 Å². The molecule has 0 spiro atoms. The highest BCUT2D eigenvalue weighted by Crippen LogP contribution is 2.44. The first-order valence-electron chi connectivity index (χ1n) is 9.62. The molecule has 3 aromatic rings. The number of anilines is 1. The minimum atomic E-state index is -0.186. The Labute approximate surface area is 175 Å². The van der Waals surface area contributed by atoms with E-state index in [0.717, 1.165) is 16.9 Å². The number of hydrogen-bond donors (Lipinski definition) is 0. The van der Waals surface area contributed by atoms with E-state index in [9.17, 15) is 4.79 Å². The van der Waals surface area contributed by atoms with Crippen molar-refractivity contribution in [3.63, 3.8) is 0 Å². The molecule has 2 aromatic carbocycles. The monoisotopic (exact) mass is 410 g/mol. The van der Waals surface area contributed by atoms with E-state index in [0.29, 0.717) is 17.4 Å². The van der Waals surface area contributed by atoms with E-state index in [-0.39, 0.29) is 23.9 Å². The number of halogens is 1. The summed E-state index contributed by atoms with van der Waals surface area (Å²) in [6, 6.07) is 15.3. The van der Waals surface area contributed by atoms with Crippen LogP contribution in [-0.4, -0.2) is 27.8 Å². The van der Waals surface area contributed by atoms with Crippen LogP contribution >= 0.6 is 11.6 Å². The zero-order chi connectivity index (χ0) is 20.5. The van der Waals surface area contributed by atoms with Crippen LogP contribution in [-0.2, 0) is 4.79 Å². The van der Waals surface area contributed by atoms with Gasteiger partial charge in [0.15, 0.2) is 0 Å². The second-order valence-electron chi connectivity index (χ2n) is 7.43. The van der Waals surface area contributed by atoms with Gasteiger partial charge in [0, 0.05) is 10.9 Å². The molecule has 0 fully saturated rings. The SMILES string of the molecule is COc1ccc([C@@H]2C[C@H](c3ccccc3Cl)n3ncnc3N2C(=O)C(C)C)cc1. The Bertz CT molecular complexity index is 1020. The number of carbonyl (C=O) groups is 1. The largest absolute Gasteiger partial charge is 0.497 e. The number of carbonyl (C=O) groups excluding carboxylic acids is 1. The highest BCUT2D eigenvalue weighted by atomic mass is 35.5. The summed E-state index contributed by atoms with van der Waals surface area (Å²) in [6.45, 7) is 3.79. The van der Waals surface area contributed by atoms with E-state index in [2.05, 4.69) is 10.1 Å². The second kappa shape index (κ2) is 7.87. The fourth-order valence-electron chi connectivity index (χ4n) is 3.84. The van der Waals surface area contributed by atoms with Crippen molar-refractivity contribution in [3.8, 4) is 5.75 Å². The van der Waals surface area contributed by atoms with E-state index < -0.39 is 0 Å². The van der Waals surface area contributed by atoms with Gasteiger partial charge in [-0.25, -0.2) is 4.68 Å². The van der Waals surface area contributed by atoms with Gasteiger partial charge in [0.25, 0.3) is 0 Å². The fourth-order valence-corrected chi connectivity index (χ4v) is 4.10. The maximum Gasteiger partial charge on any atom is 0.232 e. The number of nitrogens with zero attached hydrogens (tertiary/aromatic N) is 4. The summed E-state index contributed by atoms with van der Waals surface area (Å²) < 4.78 is 7.10. The third kappa shape index (κ3) is 3.49. The van der Waals surface area contributed by atoms with Crippen LogP contribution in [0.5, 0.6) is 5.75 Å². The van der Waals surface area contributed by atoms with Crippen LogP contribution in [0.1, 0.15) is 43.5 Å². The fraction of sp³-hybridized carbons (Fsp3) is 0.318. The summed E-state index contributed by atoms with van der Waals surface area (Å²) in [5.74, 6) is 1.16. The molecular formula is C22H23ClN4O2. The Kier molecular flexibility index (Phi) is 5.28. The third-order valence-corrected chi connectivity index (χ3v) is 5.66. The normalized spacial score (nSPS) is 18.6. The topological polar surface area (TPSA) is 60.2 Å². The molecule has 7 heteroatoms. The highest BCUT2D eigenvalue weighted by molar-refractivity contribution is 6.31. The number of benzene rings is 2. The van der Waals surface area contributed by atoms with Crippen molar-refractivity contribution in [3.05, 3.63) is 71.0 Å². The van der Waals surface area contributed by atoms with Gasteiger partial charge in [-0.2, -0.15) is 10.1 Å². The van der Waals surface area contributed by atoms with Gasteiger partial charge in [0.05, 0.1) is 19.2 Å². The average molecular weight is 411 g/mol. The number of amides is 1. The van der Waals surface area contributed by atoms with E-state index in [1.54, 1.807) is 12.0 Å². The maximum absolute atomic E-state index is 13.2. The van der Waals surface area contributed by atoms with Crippen LogP contribution in [0.25, 0.3) is 0 Å². The molecule has 6 nitrogen and oxygen atoms in total. The molecule has 2 heterocycles. The number of aromatic nitrogens is 3. The lowest BCUT2D eigenvalue weighted by Gasteiger charge is -2.40. The molecule has 1 amide bonds. The molecule has 0 radical (unpaired) electrons. The molecule has 1 aromatic heterocycles. The van der Waals surface area contributed by atoms with Crippen LogP contribution in [0.15, 0.2) is 54.9 Å². The van der Waals surface area contributed by atoms with Crippen molar-refractivity contribution in [2.75, 3.05) is 12.0 Å². The lowest BCUT2D eigenvalue weighted by molar-refractivity contribution is -0.122. The van der Waals surface area contributed by atoms with Gasteiger partial charge in [-0.15, -0.1) is 0 Å². The Balaban J connectivity index is 1.85. The lowest BCUT2D eigenvalue weighted by Crippen LogP contribution is -2.44. The van der Waals surface area contributed by atoms with Crippen LogP contribution in [0.2, 0.25) is 5.02 Å². The molecule has 1 aliphatic heterocycles. The lowest BCUT2D eigenvalue weighted by atomic mass is 9.91. The summed E-state index contributed by atoms with van der Waals surface area (Å²) >= 11 is 6.52. The van der Waals surface area contributed by atoms with Gasteiger partial charge in [-0.3, -0.25) is 9.69 Å². The first kappa shape index (κ1) is 19.5. The first-order valence-corrected chi connectivity index (χ1v) is 10.00. The van der Waals surface area contributed by atoms with Gasteiger partial charge in [0.1, 0.15) is 12.1 Å².